The first-order chi connectivity index (χ1) is 14.1. The van der Waals surface area contributed by atoms with Crippen LogP contribution in [0.4, 0.5) is 9.80 Å². The van der Waals surface area contributed by atoms with Gasteiger partial charge in [0.15, 0.2) is 5.76 Å². The maximum absolute atomic E-state index is 12.9. The van der Waals surface area contributed by atoms with Gasteiger partial charge in [0.1, 0.15) is 0 Å². The van der Waals surface area contributed by atoms with E-state index >= 15 is 0 Å². The van der Waals surface area contributed by atoms with Crippen molar-refractivity contribution < 1.29 is 18.8 Å². The van der Waals surface area contributed by atoms with E-state index < -0.39 is 0 Å². The molecule has 4 heterocycles. The van der Waals surface area contributed by atoms with Crippen molar-refractivity contribution in [2.45, 2.75) is 12.8 Å². The van der Waals surface area contributed by atoms with Crippen molar-refractivity contribution in [2.75, 3.05) is 44.6 Å². The second-order valence-electron chi connectivity index (χ2n) is 7.26. The Morgan fingerprint density at radius 2 is 1.66 bits per heavy atom. The van der Waals surface area contributed by atoms with E-state index in [1.54, 1.807) is 21.9 Å². The van der Waals surface area contributed by atoms with Crippen LogP contribution in [0.5, 0.6) is 0 Å². The van der Waals surface area contributed by atoms with Gasteiger partial charge in [0.05, 0.1) is 11.3 Å². The Morgan fingerprint density at radius 1 is 0.931 bits per heavy atom. The van der Waals surface area contributed by atoms with Crippen molar-refractivity contribution in [1.82, 2.24) is 14.7 Å². The predicted molar refractivity (Wildman–Crippen MR) is 109 cm³/mol. The molecule has 9 heteroatoms. The number of rotatable bonds is 3. The number of piperidine rings is 1. The number of carbonyl (C=O) groups excluding carboxylic acids is 3. The van der Waals surface area contributed by atoms with E-state index in [0.29, 0.717) is 57.9 Å². The number of likely N-dealkylation sites (tertiary alicyclic amines) is 1. The minimum absolute atomic E-state index is 0.0619. The van der Waals surface area contributed by atoms with Crippen molar-refractivity contribution in [3.8, 4) is 0 Å². The Labute approximate surface area is 173 Å². The van der Waals surface area contributed by atoms with Crippen LogP contribution in [-0.4, -0.2) is 71.8 Å². The summed E-state index contributed by atoms with van der Waals surface area (Å²) >= 11 is 1.49. The molecule has 0 bridgehead atoms. The molecule has 0 radical (unpaired) electrons. The summed E-state index contributed by atoms with van der Waals surface area (Å²) in [6.45, 7) is 3.23. The summed E-state index contributed by atoms with van der Waals surface area (Å²) in [5, 5.41) is 5.64. The zero-order chi connectivity index (χ0) is 20.2. The number of thiophene rings is 1. The maximum Gasteiger partial charge on any atom is 0.322 e. The second kappa shape index (κ2) is 8.69. The van der Waals surface area contributed by atoms with E-state index in [2.05, 4.69) is 5.32 Å². The lowest BCUT2D eigenvalue weighted by atomic mass is 9.95. The van der Waals surface area contributed by atoms with Gasteiger partial charge in [-0.2, -0.15) is 0 Å². The average molecular weight is 417 g/mol. The Balaban J connectivity index is 1.23. The highest BCUT2D eigenvalue weighted by atomic mass is 32.1. The monoisotopic (exact) mass is 416 g/mol. The van der Waals surface area contributed by atoms with Gasteiger partial charge < -0.3 is 19.1 Å². The quantitative estimate of drug-likeness (QED) is 0.833. The highest BCUT2D eigenvalue weighted by Crippen LogP contribution is 2.22. The minimum Gasteiger partial charge on any atom is -0.459 e. The molecule has 0 atom stereocenters. The fourth-order valence-corrected chi connectivity index (χ4v) is 4.41. The van der Waals surface area contributed by atoms with E-state index in [9.17, 15) is 14.4 Å². The van der Waals surface area contributed by atoms with Crippen LogP contribution >= 0.6 is 11.3 Å². The topological polar surface area (TPSA) is 86.1 Å². The largest absolute Gasteiger partial charge is 0.459 e. The molecule has 0 aromatic carbocycles. The number of hydrogen-bond acceptors (Lipinski definition) is 5. The number of piperazine rings is 1. The molecule has 2 aliphatic rings. The third-order valence-corrected chi connectivity index (χ3v) is 6.28. The number of nitrogens with one attached hydrogen (secondary N) is 1. The highest BCUT2D eigenvalue weighted by molar-refractivity contribution is 7.14. The molecule has 0 saturated carbocycles. The van der Waals surface area contributed by atoms with Gasteiger partial charge in [-0.25, -0.2) is 4.79 Å². The normalized spacial score (nSPS) is 18.0. The standard InChI is InChI=1S/C20H24N4O4S/c25-18(22-9-11-23(12-10-22)19(26)16-3-1-13-28-16)15-5-7-24(8-6-15)20(27)21-17-4-2-14-29-17/h1-4,13-15H,5-12H2,(H,21,27). The van der Waals surface area contributed by atoms with Gasteiger partial charge in [-0.3, -0.25) is 14.9 Å². The highest BCUT2D eigenvalue weighted by Gasteiger charge is 2.33. The molecule has 2 saturated heterocycles. The first-order valence-electron chi connectivity index (χ1n) is 9.83. The van der Waals surface area contributed by atoms with Gasteiger partial charge in [0.25, 0.3) is 5.91 Å². The molecule has 154 valence electrons. The molecule has 2 aromatic heterocycles. The van der Waals surface area contributed by atoms with Gasteiger partial charge in [0, 0.05) is 45.2 Å². The number of carbonyl (C=O) groups is 3. The van der Waals surface area contributed by atoms with E-state index in [1.807, 2.05) is 22.4 Å². The zero-order valence-corrected chi connectivity index (χ0v) is 16.9. The third-order valence-electron chi connectivity index (χ3n) is 5.49. The summed E-state index contributed by atoms with van der Waals surface area (Å²) in [7, 11) is 0. The van der Waals surface area contributed by atoms with E-state index in [1.165, 1.54) is 17.6 Å². The summed E-state index contributed by atoms with van der Waals surface area (Å²) < 4.78 is 5.17. The van der Waals surface area contributed by atoms with Crippen LogP contribution in [0.1, 0.15) is 23.4 Å². The lowest BCUT2D eigenvalue weighted by Gasteiger charge is -2.38. The van der Waals surface area contributed by atoms with Crippen molar-refractivity contribution in [3.63, 3.8) is 0 Å². The van der Waals surface area contributed by atoms with Crippen molar-refractivity contribution in [3.05, 3.63) is 41.7 Å². The summed E-state index contributed by atoms with van der Waals surface area (Å²) in [6, 6.07) is 7.01. The summed E-state index contributed by atoms with van der Waals surface area (Å²) in [6.07, 6.45) is 2.82. The summed E-state index contributed by atoms with van der Waals surface area (Å²) in [4.78, 5) is 42.9. The zero-order valence-electron chi connectivity index (χ0n) is 16.1. The number of furan rings is 1. The molecule has 4 rings (SSSR count). The van der Waals surface area contributed by atoms with Crippen LogP contribution in [0.15, 0.2) is 40.3 Å². The first kappa shape index (κ1) is 19.5. The van der Waals surface area contributed by atoms with Gasteiger partial charge in [-0.15, -0.1) is 11.3 Å². The summed E-state index contributed by atoms with van der Waals surface area (Å²) in [5.41, 5.74) is 0. The lowest BCUT2D eigenvalue weighted by Crippen LogP contribution is -2.53. The molecule has 29 heavy (non-hydrogen) atoms. The number of anilines is 1. The van der Waals surface area contributed by atoms with E-state index in [0.717, 1.165) is 5.00 Å². The van der Waals surface area contributed by atoms with Gasteiger partial charge in [0.2, 0.25) is 5.91 Å². The SMILES string of the molecule is O=C(Nc1cccs1)N1CCC(C(=O)N2CCN(C(=O)c3ccco3)CC2)CC1. The van der Waals surface area contributed by atoms with Crippen LogP contribution < -0.4 is 5.32 Å². The molecule has 8 nitrogen and oxygen atoms in total. The Hall–Kier alpha value is -2.81. The minimum atomic E-state index is -0.132. The average Bonchev–Trinajstić information content (AvgIpc) is 3.47. The number of amides is 4. The molecule has 0 unspecified atom stereocenters. The first-order valence-corrected chi connectivity index (χ1v) is 10.7. The van der Waals surface area contributed by atoms with Crippen molar-refractivity contribution in [2.24, 2.45) is 5.92 Å². The van der Waals surface area contributed by atoms with E-state index in [4.69, 9.17) is 4.42 Å². The Morgan fingerprint density at radius 3 is 2.28 bits per heavy atom. The number of nitrogens with zero attached hydrogens (tertiary/aromatic N) is 3. The van der Waals surface area contributed by atoms with Crippen LogP contribution in [0, 0.1) is 5.92 Å². The molecule has 0 aliphatic carbocycles. The maximum atomic E-state index is 12.9. The molecule has 2 aromatic rings. The molecular formula is C20H24N4O4S. The molecular weight excluding hydrogens is 392 g/mol. The molecule has 4 amide bonds. The fourth-order valence-electron chi connectivity index (χ4n) is 3.81. The molecule has 1 N–H and O–H groups in total. The summed E-state index contributed by atoms with van der Waals surface area (Å²) in [5.74, 6) is 0.270. The third kappa shape index (κ3) is 4.45. The van der Waals surface area contributed by atoms with Crippen LogP contribution in [0.3, 0.4) is 0 Å². The van der Waals surface area contributed by atoms with Crippen LogP contribution in [-0.2, 0) is 4.79 Å². The lowest BCUT2D eigenvalue weighted by molar-refractivity contribution is -0.138. The Bertz CT molecular complexity index is 836. The smallest absolute Gasteiger partial charge is 0.322 e. The Kier molecular flexibility index (Phi) is 5.84. The number of hydrogen-bond donors (Lipinski definition) is 1. The van der Waals surface area contributed by atoms with E-state index in [-0.39, 0.29) is 23.8 Å². The molecule has 2 fully saturated rings. The second-order valence-corrected chi connectivity index (χ2v) is 8.21. The molecule has 0 spiro atoms. The van der Waals surface area contributed by atoms with Crippen LogP contribution in [0.2, 0.25) is 0 Å². The van der Waals surface area contributed by atoms with Crippen molar-refractivity contribution >= 4 is 34.2 Å². The number of urea groups is 1. The van der Waals surface area contributed by atoms with Crippen molar-refractivity contribution in [1.29, 1.82) is 0 Å². The van der Waals surface area contributed by atoms with Crippen LogP contribution in [0.25, 0.3) is 0 Å². The predicted octanol–water partition coefficient (Wildman–Crippen LogP) is 2.57. The van der Waals surface area contributed by atoms with Gasteiger partial charge in [-0.05, 0) is 42.5 Å². The fraction of sp³-hybridized carbons (Fsp3) is 0.450. The van der Waals surface area contributed by atoms with Gasteiger partial charge >= 0.3 is 6.03 Å². The van der Waals surface area contributed by atoms with Gasteiger partial charge in [-0.1, -0.05) is 0 Å². The molecule has 2 aliphatic heterocycles.